The summed E-state index contributed by atoms with van der Waals surface area (Å²) < 4.78 is 1.39. The standard InChI is InChI=1S/C22H26N4O2/c1-4-14-26-22(28)18-13-9-8-12-17(18)20(24-26)21(27)23-15-19(25(2)3)16-10-6-5-7-11-16/h5-13,19H,4,14-15H2,1-3H3,(H,23,27)/p+1/t19-/m0/s1. The van der Waals surface area contributed by atoms with Crippen LogP contribution >= 0.6 is 0 Å². The smallest absolute Gasteiger partial charge is 0.274 e. The van der Waals surface area contributed by atoms with Crippen molar-refractivity contribution in [1.29, 1.82) is 0 Å². The highest BCUT2D eigenvalue weighted by molar-refractivity contribution is 6.04. The van der Waals surface area contributed by atoms with Gasteiger partial charge in [0, 0.05) is 17.5 Å². The number of carbonyl (C=O) groups excluding carboxylic acids is 1. The Kier molecular flexibility index (Phi) is 6.21. The van der Waals surface area contributed by atoms with Gasteiger partial charge in [0.25, 0.3) is 11.5 Å². The molecule has 0 aliphatic carbocycles. The highest BCUT2D eigenvalue weighted by Crippen LogP contribution is 2.14. The van der Waals surface area contributed by atoms with Gasteiger partial charge in [-0.3, -0.25) is 9.59 Å². The Balaban J connectivity index is 1.91. The zero-order valence-electron chi connectivity index (χ0n) is 16.6. The molecule has 2 aromatic carbocycles. The number of fused-ring (bicyclic) bond motifs is 1. The van der Waals surface area contributed by atoms with Crippen LogP contribution in [0, 0.1) is 0 Å². The van der Waals surface area contributed by atoms with Crippen molar-refractivity contribution in [3.8, 4) is 0 Å². The highest BCUT2D eigenvalue weighted by Gasteiger charge is 2.21. The summed E-state index contributed by atoms with van der Waals surface area (Å²) in [5.74, 6) is -0.261. The Bertz CT molecular complexity index is 1010. The van der Waals surface area contributed by atoms with Crippen LogP contribution in [0.15, 0.2) is 59.4 Å². The van der Waals surface area contributed by atoms with Gasteiger partial charge in [-0.15, -0.1) is 0 Å². The first-order chi connectivity index (χ1) is 13.5. The molecule has 3 aromatic rings. The van der Waals surface area contributed by atoms with Crippen molar-refractivity contribution in [3.05, 3.63) is 76.2 Å². The van der Waals surface area contributed by atoms with Crippen LogP contribution in [0.25, 0.3) is 10.8 Å². The summed E-state index contributed by atoms with van der Waals surface area (Å²) in [6.07, 6.45) is 0.770. The molecule has 0 bridgehead atoms. The number of aryl methyl sites for hydroxylation is 1. The number of hydrogen-bond donors (Lipinski definition) is 2. The summed E-state index contributed by atoms with van der Waals surface area (Å²) in [6, 6.07) is 17.4. The molecule has 1 amide bonds. The second-order valence-corrected chi connectivity index (χ2v) is 7.17. The van der Waals surface area contributed by atoms with Crippen molar-refractivity contribution in [2.45, 2.75) is 25.9 Å². The second kappa shape index (κ2) is 8.80. The van der Waals surface area contributed by atoms with Gasteiger partial charge in [0.2, 0.25) is 0 Å². The first kappa shape index (κ1) is 19.8. The van der Waals surface area contributed by atoms with E-state index in [1.54, 1.807) is 12.1 Å². The van der Waals surface area contributed by atoms with E-state index in [2.05, 4.69) is 36.6 Å². The molecule has 0 fully saturated rings. The number of aromatic nitrogens is 2. The van der Waals surface area contributed by atoms with Crippen molar-refractivity contribution >= 4 is 16.7 Å². The minimum Gasteiger partial charge on any atom is -0.344 e. The van der Waals surface area contributed by atoms with Gasteiger partial charge in [0.05, 0.1) is 26.0 Å². The molecule has 28 heavy (non-hydrogen) atoms. The number of quaternary nitrogens is 1. The third-order valence-corrected chi connectivity index (χ3v) is 4.88. The molecule has 6 nitrogen and oxygen atoms in total. The van der Waals surface area contributed by atoms with Gasteiger partial charge in [-0.2, -0.15) is 5.10 Å². The number of benzene rings is 2. The third-order valence-electron chi connectivity index (χ3n) is 4.88. The zero-order valence-corrected chi connectivity index (χ0v) is 16.6. The van der Waals surface area contributed by atoms with Crippen molar-refractivity contribution in [2.24, 2.45) is 0 Å². The number of nitrogens with zero attached hydrogens (tertiary/aromatic N) is 2. The molecule has 0 saturated carbocycles. The van der Waals surface area contributed by atoms with Crippen molar-refractivity contribution in [3.63, 3.8) is 0 Å². The number of hydrogen-bond acceptors (Lipinski definition) is 3. The van der Waals surface area contributed by atoms with Gasteiger partial charge < -0.3 is 10.2 Å². The van der Waals surface area contributed by atoms with Gasteiger partial charge in [0.1, 0.15) is 6.04 Å². The van der Waals surface area contributed by atoms with Crippen molar-refractivity contribution in [1.82, 2.24) is 15.1 Å². The van der Waals surface area contributed by atoms with Crippen LogP contribution < -0.4 is 15.8 Å². The van der Waals surface area contributed by atoms with Gasteiger partial charge in [-0.25, -0.2) is 4.68 Å². The fraction of sp³-hybridized carbons (Fsp3) is 0.318. The summed E-state index contributed by atoms with van der Waals surface area (Å²) in [6.45, 7) is 2.94. The minimum absolute atomic E-state index is 0.123. The summed E-state index contributed by atoms with van der Waals surface area (Å²) >= 11 is 0. The van der Waals surface area contributed by atoms with E-state index >= 15 is 0 Å². The van der Waals surface area contributed by atoms with E-state index in [1.807, 2.05) is 37.3 Å². The Morgan fingerprint density at radius 3 is 2.36 bits per heavy atom. The molecule has 0 aliphatic rings. The SMILES string of the molecule is CCCn1nc(C(=O)NC[C@@H](c2ccccc2)[NH+](C)C)c2ccccc2c1=O. The molecule has 1 aromatic heterocycles. The summed E-state index contributed by atoms with van der Waals surface area (Å²) in [4.78, 5) is 26.8. The Morgan fingerprint density at radius 2 is 1.71 bits per heavy atom. The lowest BCUT2D eigenvalue weighted by Gasteiger charge is -2.22. The fourth-order valence-corrected chi connectivity index (χ4v) is 3.39. The van der Waals surface area contributed by atoms with E-state index in [0.29, 0.717) is 29.6 Å². The number of nitrogens with one attached hydrogen (secondary N) is 2. The number of carbonyl (C=O) groups is 1. The van der Waals surface area contributed by atoms with Crippen LogP contribution in [0.1, 0.15) is 35.4 Å². The molecule has 2 N–H and O–H groups in total. The predicted molar refractivity (Wildman–Crippen MR) is 111 cm³/mol. The predicted octanol–water partition coefficient (Wildman–Crippen LogP) is 1.42. The third kappa shape index (κ3) is 4.12. The Labute approximate surface area is 164 Å². The van der Waals surface area contributed by atoms with Gasteiger partial charge >= 0.3 is 0 Å². The molecule has 0 radical (unpaired) electrons. The number of rotatable bonds is 7. The molecule has 1 atom stereocenters. The van der Waals surface area contributed by atoms with E-state index in [9.17, 15) is 9.59 Å². The lowest BCUT2D eigenvalue weighted by atomic mass is 10.1. The average Bonchev–Trinajstić information content (AvgIpc) is 2.71. The summed E-state index contributed by atoms with van der Waals surface area (Å²) in [5, 5.41) is 8.50. The molecule has 146 valence electrons. The summed E-state index contributed by atoms with van der Waals surface area (Å²) in [5.41, 5.74) is 1.30. The van der Waals surface area contributed by atoms with Crippen LogP contribution in [0.3, 0.4) is 0 Å². The van der Waals surface area contributed by atoms with E-state index in [0.717, 1.165) is 12.0 Å². The quantitative estimate of drug-likeness (QED) is 0.652. The van der Waals surface area contributed by atoms with E-state index < -0.39 is 0 Å². The van der Waals surface area contributed by atoms with Crippen LogP contribution in [0.5, 0.6) is 0 Å². The van der Waals surface area contributed by atoms with Gasteiger partial charge in [-0.05, 0) is 12.5 Å². The maximum atomic E-state index is 13.0. The fourth-order valence-electron chi connectivity index (χ4n) is 3.39. The van der Waals surface area contributed by atoms with Crippen molar-refractivity contribution < 1.29 is 9.69 Å². The highest BCUT2D eigenvalue weighted by atomic mass is 16.2. The molecule has 6 heteroatoms. The van der Waals surface area contributed by atoms with E-state index in [-0.39, 0.29) is 17.5 Å². The minimum atomic E-state index is -0.261. The lowest BCUT2D eigenvalue weighted by molar-refractivity contribution is -0.890. The van der Waals surface area contributed by atoms with Crippen LogP contribution in [0.4, 0.5) is 0 Å². The average molecular weight is 379 g/mol. The molecular weight excluding hydrogens is 352 g/mol. The monoisotopic (exact) mass is 379 g/mol. The molecule has 3 rings (SSSR count). The molecular formula is C22H27N4O2+. The zero-order chi connectivity index (χ0) is 20.1. The Hall–Kier alpha value is -2.99. The van der Waals surface area contributed by atoms with E-state index in [4.69, 9.17) is 0 Å². The molecule has 0 aliphatic heterocycles. The van der Waals surface area contributed by atoms with Crippen LogP contribution in [-0.4, -0.2) is 36.3 Å². The second-order valence-electron chi connectivity index (χ2n) is 7.17. The maximum Gasteiger partial charge on any atom is 0.274 e. The van der Waals surface area contributed by atoms with Crippen LogP contribution in [0.2, 0.25) is 0 Å². The molecule has 0 unspecified atom stereocenters. The molecule has 0 saturated heterocycles. The van der Waals surface area contributed by atoms with Crippen LogP contribution in [-0.2, 0) is 6.54 Å². The number of likely N-dealkylation sites (N-methyl/N-ethyl adjacent to an activating group) is 1. The van der Waals surface area contributed by atoms with Crippen molar-refractivity contribution in [2.75, 3.05) is 20.6 Å². The van der Waals surface area contributed by atoms with Gasteiger partial charge in [-0.1, -0.05) is 55.5 Å². The molecule has 1 heterocycles. The lowest BCUT2D eigenvalue weighted by Crippen LogP contribution is -3.07. The first-order valence-electron chi connectivity index (χ1n) is 9.66. The largest absolute Gasteiger partial charge is 0.344 e. The number of amides is 1. The van der Waals surface area contributed by atoms with E-state index in [1.165, 1.54) is 9.58 Å². The summed E-state index contributed by atoms with van der Waals surface area (Å²) in [7, 11) is 4.14. The molecule has 0 spiro atoms. The normalized spacial score (nSPS) is 12.3. The Morgan fingerprint density at radius 1 is 1.07 bits per heavy atom. The first-order valence-corrected chi connectivity index (χ1v) is 9.66. The topological polar surface area (TPSA) is 68.4 Å². The van der Waals surface area contributed by atoms with Gasteiger partial charge in [0.15, 0.2) is 5.69 Å². The maximum absolute atomic E-state index is 13.0.